The first kappa shape index (κ1) is 30.1. The molecule has 1 N–H and O–H groups in total. The van der Waals surface area contributed by atoms with Gasteiger partial charge in [-0.25, -0.2) is 14.6 Å². The van der Waals surface area contributed by atoms with Crippen LogP contribution in [0.1, 0.15) is 57.0 Å². The molecule has 2 heterocycles. The molecule has 3 aromatic carbocycles. The summed E-state index contributed by atoms with van der Waals surface area (Å²) in [6.45, 7) is 8.16. The van der Waals surface area contributed by atoms with Crippen molar-refractivity contribution in [2.45, 2.75) is 71.8 Å². The smallest absolute Gasteiger partial charge is 0.410 e. The Morgan fingerprint density at radius 2 is 1.51 bits per heavy atom. The second-order valence-corrected chi connectivity index (χ2v) is 12.5. The Balaban J connectivity index is 1.34. The van der Waals surface area contributed by atoms with Gasteiger partial charge in [0.1, 0.15) is 18.0 Å². The van der Waals surface area contributed by atoms with Gasteiger partial charge in [0.25, 0.3) is 0 Å². The van der Waals surface area contributed by atoms with Gasteiger partial charge in [-0.05, 0) is 75.1 Å². The molecule has 226 valence electrons. The topological polar surface area (TPSA) is 85.7 Å². The van der Waals surface area contributed by atoms with Crippen LogP contribution in [0.5, 0.6) is 0 Å². The van der Waals surface area contributed by atoms with E-state index in [9.17, 15) is 9.59 Å². The molecule has 0 saturated carbocycles. The molecular formula is C35H42N4O4. The van der Waals surface area contributed by atoms with E-state index in [1.54, 1.807) is 0 Å². The highest BCUT2D eigenvalue weighted by Crippen LogP contribution is 2.39. The van der Waals surface area contributed by atoms with E-state index in [1.807, 2.05) is 80.3 Å². The molecule has 0 bridgehead atoms. The van der Waals surface area contributed by atoms with E-state index in [0.29, 0.717) is 13.1 Å². The standard InChI is InChI=1S/C35H42N4O4/c1-34(2,3)43-33(41)38-22-20-35(21-23-38,19-18-27-12-6-4-7-13-27)26-39-30-17-11-10-16-29(30)37-31(39)24-36-32(40)42-25-28-14-8-5-9-15-28/h4-17H,18-26H2,1-3H3,(H,36,40). The molecule has 1 aliphatic rings. The van der Waals surface area contributed by atoms with Crippen molar-refractivity contribution in [3.63, 3.8) is 0 Å². The number of rotatable bonds is 9. The average molecular weight is 583 g/mol. The van der Waals surface area contributed by atoms with Crippen molar-refractivity contribution >= 4 is 23.2 Å². The molecule has 8 heteroatoms. The number of aryl methyl sites for hydroxylation is 1. The zero-order valence-electron chi connectivity index (χ0n) is 25.4. The van der Waals surface area contributed by atoms with E-state index < -0.39 is 11.7 Å². The average Bonchev–Trinajstić information content (AvgIpc) is 3.35. The van der Waals surface area contributed by atoms with E-state index >= 15 is 0 Å². The van der Waals surface area contributed by atoms with Gasteiger partial charge in [-0.2, -0.15) is 0 Å². The maximum absolute atomic E-state index is 12.9. The van der Waals surface area contributed by atoms with Crippen LogP contribution in [0.4, 0.5) is 9.59 Å². The number of likely N-dealkylation sites (tertiary alicyclic amines) is 1. The predicted molar refractivity (Wildman–Crippen MR) is 167 cm³/mol. The fraction of sp³-hybridized carbons (Fsp3) is 0.400. The third kappa shape index (κ3) is 8.15. The molecule has 0 spiro atoms. The normalized spacial score (nSPS) is 14.8. The highest BCUT2D eigenvalue weighted by molar-refractivity contribution is 5.76. The highest BCUT2D eigenvalue weighted by atomic mass is 16.6. The minimum Gasteiger partial charge on any atom is -0.445 e. The Hall–Kier alpha value is -4.33. The van der Waals surface area contributed by atoms with Crippen LogP contribution in [-0.2, 0) is 35.6 Å². The van der Waals surface area contributed by atoms with Gasteiger partial charge in [-0.3, -0.25) is 0 Å². The summed E-state index contributed by atoms with van der Waals surface area (Å²) in [7, 11) is 0. The number of piperidine rings is 1. The summed E-state index contributed by atoms with van der Waals surface area (Å²) in [4.78, 5) is 32.2. The molecule has 0 atom stereocenters. The fourth-order valence-corrected chi connectivity index (χ4v) is 5.73. The van der Waals surface area contributed by atoms with Crippen molar-refractivity contribution in [1.29, 1.82) is 0 Å². The van der Waals surface area contributed by atoms with Gasteiger partial charge in [0.05, 0.1) is 17.6 Å². The number of amides is 2. The van der Waals surface area contributed by atoms with Gasteiger partial charge >= 0.3 is 12.2 Å². The number of ether oxygens (including phenoxy) is 2. The summed E-state index contributed by atoms with van der Waals surface area (Å²) < 4.78 is 13.4. The van der Waals surface area contributed by atoms with E-state index in [0.717, 1.165) is 54.6 Å². The summed E-state index contributed by atoms with van der Waals surface area (Å²) >= 11 is 0. The number of nitrogens with zero attached hydrogens (tertiary/aromatic N) is 3. The van der Waals surface area contributed by atoms with Crippen LogP contribution in [0.3, 0.4) is 0 Å². The maximum atomic E-state index is 12.9. The van der Waals surface area contributed by atoms with E-state index in [1.165, 1.54) is 5.56 Å². The molecule has 43 heavy (non-hydrogen) atoms. The van der Waals surface area contributed by atoms with Crippen molar-refractivity contribution in [2.75, 3.05) is 13.1 Å². The van der Waals surface area contributed by atoms with Crippen molar-refractivity contribution in [3.05, 3.63) is 102 Å². The monoisotopic (exact) mass is 582 g/mol. The molecule has 4 aromatic rings. The number of alkyl carbamates (subject to hydrolysis) is 1. The molecule has 1 saturated heterocycles. The highest BCUT2D eigenvalue weighted by Gasteiger charge is 2.38. The third-order valence-electron chi connectivity index (χ3n) is 8.09. The summed E-state index contributed by atoms with van der Waals surface area (Å²) in [5.74, 6) is 0.784. The minimum absolute atomic E-state index is 0.0691. The van der Waals surface area contributed by atoms with Gasteiger partial charge < -0.3 is 24.3 Å². The second kappa shape index (κ2) is 13.3. The maximum Gasteiger partial charge on any atom is 0.410 e. The minimum atomic E-state index is -0.529. The molecule has 2 amide bonds. The first-order chi connectivity index (χ1) is 20.7. The van der Waals surface area contributed by atoms with Gasteiger partial charge in [-0.1, -0.05) is 72.8 Å². The molecule has 0 aliphatic carbocycles. The fourth-order valence-electron chi connectivity index (χ4n) is 5.73. The quantitative estimate of drug-likeness (QED) is 0.227. The van der Waals surface area contributed by atoms with Gasteiger partial charge in [0.15, 0.2) is 0 Å². The Morgan fingerprint density at radius 1 is 0.884 bits per heavy atom. The van der Waals surface area contributed by atoms with Crippen LogP contribution in [0.15, 0.2) is 84.9 Å². The Labute approximate surface area is 254 Å². The number of fused-ring (bicyclic) bond motifs is 1. The van der Waals surface area contributed by atoms with Crippen LogP contribution in [0.25, 0.3) is 11.0 Å². The second-order valence-electron chi connectivity index (χ2n) is 12.5. The first-order valence-electron chi connectivity index (χ1n) is 15.1. The van der Waals surface area contributed by atoms with Gasteiger partial charge in [0.2, 0.25) is 0 Å². The van der Waals surface area contributed by atoms with Crippen LogP contribution in [-0.4, -0.2) is 45.3 Å². The Kier molecular flexibility index (Phi) is 9.34. The molecule has 1 aliphatic heterocycles. The largest absolute Gasteiger partial charge is 0.445 e. The lowest BCUT2D eigenvalue weighted by atomic mass is 9.74. The summed E-state index contributed by atoms with van der Waals surface area (Å²) in [6.07, 6.45) is 2.87. The molecular weight excluding hydrogens is 540 g/mol. The lowest BCUT2D eigenvalue weighted by Crippen LogP contribution is -2.46. The molecule has 0 radical (unpaired) electrons. The van der Waals surface area contributed by atoms with Crippen molar-refractivity contribution in [2.24, 2.45) is 5.41 Å². The summed E-state index contributed by atoms with van der Waals surface area (Å²) in [5.41, 5.74) is 3.56. The van der Waals surface area contributed by atoms with Crippen molar-refractivity contribution in [1.82, 2.24) is 19.8 Å². The zero-order valence-corrected chi connectivity index (χ0v) is 25.4. The predicted octanol–water partition coefficient (Wildman–Crippen LogP) is 7.11. The number of carbonyl (C=O) groups excluding carboxylic acids is 2. The lowest BCUT2D eigenvalue weighted by molar-refractivity contribution is 0.00637. The molecule has 5 rings (SSSR count). The Morgan fingerprint density at radius 3 is 2.19 bits per heavy atom. The van der Waals surface area contributed by atoms with Gasteiger partial charge in [-0.15, -0.1) is 0 Å². The molecule has 0 unspecified atom stereocenters. The molecule has 1 aromatic heterocycles. The van der Waals surface area contributed by atoms with Crippen LogP contribution in [0.2, 0.25) is 0 Å². The summed E-state index contributed by atoms with van der Waals surface area (Å²) in [5, 5.41) is 2.91. The van der Waals surface area contributed by atoms with E-state index in [-0.39, 0.29) is 24.7 Å². The van der Waals surface area contributed by atoms with Crippen molar-refractivity contribution < 1.29 is 19.1 Å². The molecule has 1 fully saturated rings. The van der Waals surface area contributed by atoms with Crippen LogP contribution >= 0.6 is 0 Å². The van der Waals surface area contributed by atoms with Gasteiger partial charge in [0, 0.05) is 19.6 Å². The number of carbonyl (C=O) groups is 2. The van der Waals surface area contributed by atoms with Crippen LogP contribution < -0.4 is 5.32 Å². The number of aromatic nitrogens is 2. The first-order valence-corrected chi connectivity index (χ1v) is 15.1. The zero-order chi connectivity index (χ0) is 30.3. The SMILES string of the molecule is CC(C)(C)OC(=O)N1CCC(CCc2ccccc2)(Cn2c(CNC(=O)OCc3ccccc3)nc3ccccc32)CC1. The lowest BCUT2D eigenvalue weighted by Gasteiger charge is -2.43. The number of hydrogen-bond acceptors (Lipinski definition) is 5. The van der Waals surface area contributed by atoms with E-state index in [2.05, 4.69) is 40.2 Å². The Bertz CT molecular complexity index is 1500. The number of benzene rings is 3. The summed E-state index contributed by atoms with van der Waals surface area (Å²) in [6, 6.07) is 28.3. The number of para-hydroxylation sites is 2. The number of imidazole rings is 1. The molecule has 8 nitrogen and oxygen atoms in total. The van der Waals surface area contributed by atoms with E-state index in [4.69, 9.17) is 14.5 Å². The number of nitrogens with one attached hydrogen (secondary N) is 1. The third-order valence-corrected chi connectivity index (χ3v) is 8.09. The van der Waals surface area contributed by atoms with Crippen LogP contribution in [0, 0.1) is 5.41 Å². The van der Waals surface area contributed by atoms with Crippen molar-refractivity contribution in [3.8, 4) is 0 Å². The number of hydrogen-bond donors (Lipinski definition) is 1.